The molecule has 0 aliphatic rings. The van der Waals surface area contributed by atoms with E-state index in [2.05, 4.69) is 36.6 Å². The molecule has 202 valence electrons. The van der Waals surface area contributed by atoms with Crippen molar-refractivity contribution < 1.29 is 13.5 Å². The topological polar surface area (TPSA) is 143 Å². The Hall–Kier alpha value is -2.77. The Kier molecular flexibility index (Phi) is 9.55. The Labute approximate surface area is 231 Å². The zero-order valence-electron chi connectivity index (χ0n) is 21.3. The van der Waals surface area contributed by atoms with Gasteiger partial charge in [0.2, 0.25) is 10.0 Å². The molecule has 38 heavy (non-hydrogen) atoms. The number of aliphatic hydroxyl groups excluding tert-OH is 1. The Balaban J connectivity index is 1.51. The summed E-state index contributed by atoms with van der Waals surface area (Å²) in [4.78, 5) is 14.3. The molecule has 0 unspecified atom stereocenters. The summed E-state index contributed by atoms with van der Waals surface area (Å²) in [5.74, 6) is 1.83. The number of hydrogen-bond acceptors (Lipinski definition) is 10. The Morgan fingerprint density at radius 3 is 2.42 bits per heavy atom. The number of fused-ring (bicyclic) bond motifs is 1. The highest BCUT2D eigenvalue weighted by Crippen LogP contribution is 2.33. The van der Waals surface area contributed by atoms with Crippen LogP contribution in [0.3, 0.4) is 0 Å². The fourth-order valence-corrected chi connectivity index (χ4v) is 6.06. The largest absolute Gasteiger partial charge is 0.394 e. The van der Waals surface area contributed by atoms with Gasteiger partial charge in [-0.05, 0) is 42.0 Å². The molecule has 0 amide bonds. The first-order chi connectivity index (χ1) is 18.2. The minimum atomic E-state index is -3.70. The molecule has 9 nitrogen and oxygen atoms in total. The van der Waals surface area contributed by atoms with Crippen LogP contribution in [0.2, 0.25) is 0 Å². The summed E-state index contributed by atoms with van der Waals surface area (Å²) in [7, 11) is -3.70. The van der Waals surface area contributed by atoms with E-state index in [1.807, 2.05) is 18.2 Å². The molecule has 2 aromatic heterocycles. The predicted molar refractivity (Wildman–Crippen MR) is 155 cm³/mol. The quantitative estimate of drug-likeness (QED) is 0.134. The van der Waals surface area contributed by atoms with Crippen molar-refractivity contribution in [3.63, 3.8) is 0 Å². The fourth-order valence-electron chi connectivity index (χ4n) is 3.87. The minimum Gasteiger partial charge on any atom is -0.394 e. The van der Waals surface area contributed by atoms with Crippen molar-refractivity contribution >= 4 is 54.4 Å². The van der Waals surface area contributed by atoms with E-state index in [0.29, 0.717) is 40.6 Å². The summed E-state index contributed by atoms with van der Waals surface area (Å²) in [5.41, 5.74) is 2.76. The van der Waals surface area contributed by atoms with Crippen LogP contribution in [0.25, 0.3) is 10.3 Å². The van der Waals surface area contributed by atoms with E-state index in [-0.39, 0.29) is 17.5 Å². The van der Waals surface area contributed by atoms with E-state index >= 15 is 0 Å². The number of primary sulfonamides is 1. The van der Waals surface area contributed by atoms with Crippen LogP contribution in [0.15, 0.2) is 64.6 Å². The van der Waals surface area contributed by atoms with E-state index in [0.717, 1.165) is 22.4 Å². The standard InChI is InChI=1S/C26H32N6O3S3/c1-17(2)14-20(15-33)29-23-22-24(32-26(31-23)36-16-19-6-4-3-5-7-19)30-25(37-22)28-13-12-18-8-10-21(11-9-18)38(27,34)35/h3-11,17,20,33H,12-16H2,1-2H3,(H2,27,34,35)(H2,28,29,30,31,32)/t20-/m1/s1. The van der Waals surface area contributed by atoms with Crippen molar-refractivity contribution in [3.8, 4) is 0 Å². The van der Waals surface area contributed by atoms with Crippen molar-refractivity contribution in [2.24, 2.45) is 11.1 Å². The second-order valence-electron chi connectivity index (χ2n) is 9.32. The molecule has 0 fully saturated rings. The van der Waals surface area contributed by atoms with Gasteiger partial charge in [0, 0.05) is 12.3 Å². The van der Waals surface area contributed by atoms with Gasteiger partial charge in [0.1, 0.15) is 4.70 Å². The molecule has 2 aromatic carbocycles. The predicted octanol–water partition coefficient (Wildman–Crippen LogP) is 4.50. The highest BCUT2D eigenvalue weighted by molar-refractivity contribution is 7.98. The summed E-state index contributed by atoms with van der Waals surface area (Å²) in [6.07, 6.45) is 1.49. The molecule has 0 bridgehead atoms. The van der Waals surface area contributed by atoms with Crippen LogP contribution >= 0.6 is 23.1 Å². The van der Waals surface area contributed by atoms with E-state index in [4.69, 9.17) is 20.1 Å². The van der Waals surface area contributed by atoms with Crippen LogP contribution in [-0.4, -0.2) is 47.7 Å². The van der Waals surface area contributed by atoms with Gasteiger partial charge in [-0.15, -0.1) is 0 Å². The van der Waals surface area contributed by atoms with Crippen LogP contribution in [0, 0.1) is 5.92 Å². The van der Waals surface area contributed by atoms with Gasteiger partial charge in [-0.1, -0.05) is 79.4 Å². The van der Waals surface area contributed by atoms with Crippen molar-refractivity contribution in [1.29, 1.82) is 0 Å². The summed E-state index contributed by atoms with van der Waals surface area (Å²) in [5, 5.41) is 23.2. The first kappa shape index (κ1) is 28.2. The number of thiazole rings is 1. The number of benzene rings is 2. The van der Waals surface area contributed by atoms with Crippen LogP contribution in [-0.2, 0) is 22.2 Å². The van der Waals surface area contributed by atoms with Crippen LogP contribution in [0.4, 0.5) is 10.9 Å². The number of nitrogens with two attached hydrogens (primary N) is 1. The number of anilines is 2. The van der Waals surface area contributed by atoms with Crippen molar-refractivity contribution in [2.75, 3.05) is 23.8 Å². The van der Waals surface area contributed by atoms with Crippen LogP contribution < -0.4 is 15.8 Å². The normalized spacial score (nSPS) is 12.7. The smallest absolute Gasteiger partial charge is 0.238 e. The zero-order chi connectivity index (χ0) is 27.1. The molecule has 0 saturated heterocycles. The summed E-state index contributed by atoms with van der Waals surface area (Å²) < 4.78 is 23.7. The van der Waals surface area contributed by atoms with Crippen LogP contribution in [0.5, 0.6) is 0 Å². The Bertz CT molecular complexity index is 1440. The van der Waals surface area contributed by atoms with Gasteiger partial charge in [0.05, 0.1) is 17.5 Å². The van der Waals surface area contributed by atoms with Gasteiger partial charge in [-0.2, -0.15) is 4.98 Å². The van der Waals surface area contributed by atoms with E-state index in [1.54, 1.807) is 23.9 Å². The molecule has 0 aliphatic heterocycles. The first-order valence-electron chi connectivity index (χ1n) is 12.3. The maximum atomic E-state index is 11.5. The summed E-state index contributed by atoms with van der Waals surface area (Å²) >= 11 is 3.01. The summed E-state index contributed by atoms with van der Waals surface area (Å²) in [6, 6.07) is 16.6. The molecule has 2 heterocycles. The number of sulfonamides is 1. The number of rotatable bonds is 13. The molecule has 5 N–H and O–H groups in total. The van der Waals surface area contributed by atoms with Crippen molar-refractivity contribution in [3.05, 3.63) is 65.7 Å². The maximum absolute atomic E-state index is 11.5. The van der Waals surface area contributed by atoms with Gasteiger partial charge in [-0.3, -0.25) is 0 Å². The number of nitrogens with zero attached hydrogens (tertiary/aromatic N) is 3. The molecule has 4 rings (SSSR count). The zero-order valence-corrected chi connectivity index (χ0v) is 23.7. The number of hydrogen-bond donors (Lipinski definition) is 4. The second kappa shape index (κ2) is 12.9. The number of thioether (sulfide) groups is 1. The lowest BCUT2D eigenvalue weighted by atomic mass is 10.0. The number of aliphatic hydroxyl groups is 1. The average Bonchev–Trinajstić information content (AvgIpc) is 3.30. The Morgan fingerprint density at radius 2 is 1.76 bits per heavy atom. The molecule has 1 atom stereocenters. The molecule has 0 radical (unpaired) electrons. The lowest BCUT2D eigenvalue weighted by molar-refractivity contribution is 0.259. The average molecular weight is 573 g/mol. The first-order valence-corrected chi connectivity index (χ1v) is 15.6. The van der Waals surface area contributed by atoms with Gasteiger partial charge >= 0.3 is 0 Å². The number of nitrogens with one attached hydrogen (secondary N) is 2. The molecular weight excluding hydrogens is 541 g/mol. The van der Waals surface area contributed by atoms with Crippen molar-refractivity contribution in [1.82, 2.24) is 15.0 Å². The second-order valence-corrected chi connectivity index (χ2v) is 12.8. The van der Waals surface area contributed by atoms with E-state index in [9.17, 15) is 13.5 Å². The minimum absolute atomic E-state index is 0.00429. The molecule has 12 heteroatoms. The molecule has 0 spiro atoms. The third kappa shape index (κ3) is 7.87. The lowest BCUT2D eigenvalue weighted by Crippen LogP contribution is -2.26. The molecule has 0 aliphatic carbocycles. The lowest BCUT2D eigenvalue weighted by Gasteiger charge is -2.19. The van der Waals surface area contributed by atoms with Gasteiger partial charge in [-0.25, -0.2) is 23.5 Å². The fraction of sp³-hybridized carbons (Fsp3) is 0.346. The molecule has 4 aromatic rings. The molecular formula is C26H32N6O3S3. The van der Waals surface area contributed by atoms with E-state index < -0.39 is 10.0 Å². The molecule has 0 saturated carbocycles. The third-order valence-electron chi connectivity index (χ3n) is 5.70. The highest BCUT2D eigenvalue weighted by Gasteiger charge is 2.18. The SMILES string of the molecule is CC(C)C[C@H](CO)Nc1nc(SCc2ccccc2)nc2nc(NCCc3ccc(S(N)(=O)=O)cc3)sc12. The number of aromatic nitrogens is 3. The highest BCUT2D eigenvalue weighted by atomic mass is 32.2. The van der Waals surface area contributed by atoms with E-state index in [1.165, 1.54) is 29.0 Å². The maximum Gasteiger partial charge on any atom is 0.238 e. The van der Waals surface area contributed by atoms with Crippen LogP contribution in [0.1, 0.15) is 31.4 Å². The monoisotopic (exact) mass is 572 g/mol. The third-order valence-corrected chi connectivity index (χ3v) is 8.56. The summed E-state index contributed by atoms with van der Waals surface area (Å²) in [6.45, 7) is 4.85. The Morgan fingerprint density at radius 1 is 1.03 bits per heavy atom. The van der Waals surface area contributed by atoms with Gasteiger partial charge < -0.3 is 15.7 Å². The van der Waals surface area contributed by atoms with Gasteiger partial charge in [0.15, 0.2) is 21.8 Å². The van der Waals surface area contributed by atoms with Gasteiger partial charge in [0.25, 0.3) is 0 Å². The van der Waals surface area contributed by atoms with Crippen molar-refractivity contribution in [2.45, 2.75) is 48.5 Å².